The lowest BCUT2D eigenvalue weighted by atomic mass is 9.85. The van der Waals surface area contributed by atoms with E-state index in [-0.39, 0.29) is 11.2 Å². The van der Waals surface area contributed by atoms with E-state index in [1.54, 1.807) is 0 Å². The monoisotopic (exact) mass is 211 g/mol. The molecule has 0 aromatic carbocycles. The highest BCUT2D eigenvalue weighted by Gasteiger charge is 2.34. The lowest BCUT2D eigenvalue weighted by Gasteiger charge is -2.29. The van der Waals surface area contributed by atoms with Gasteiger partial charge in [0, 0.05) is 6.61 Å². The number of hydrogen-bond acceptors (Lipinski definition) is 4. The molecule has 1 N–H and O–H groups in total. The molecule has 0 radical (unpaired) electrons. The second-order valence-corrected chi connectivity index (χ2v) is 4.05. The second-order valence-electron chi connectivity index (χ2n) is 4.05. The Morgan fingerprint density at radius 3 is 3.00 bits per heavy atom. The molecule has 1 aromatic rings. The Labute approximate surface area is 87.1 Å². The Kier molecular flexibility index (Phi) is 2.48. The Morgan fingerprint density at radius 1 is 1.67 bits per heavy atom. The van der Waals surface area contributed by atoms with Gasteiger partial charge in [-0.2, -0.15) is 0 Å². The summed E-state index contributed by atoms with van der Waals surface area (Å²) in [5.41, 5.74) is -0.286. The molecule has 0 amide bonds. The molecule has 82 valence electrons. The van der Waals surface area contributed by atoms with E-state index >= 15 is 0 Å². The van der Waals surface area contributed by atoms with E-state index in [1.807, 2.05) is 6.92 Å². The maximum Gasteiger partial charge on any atom is 0.373 e. The quantitative estimate of drug-likeness (QED) is 0.801. The van der Waals surface area contributed by atoms with Gasteiger partial charge >= 0.3 is 5.97 Å². The highest BCUT2D eigenvalue weighted by Crippen LogP contribution is 2.31. The highest BCUT2D eigenvalue weighted by molar-refractivity contribution is 5.83. The Morgan fingerprint density at radius 2 is 2.47 bits per heavy atom. The van der Waals surface area contributed by atoms with Crippen LogP contribution in [0.1, 0.15) is 36.2 Å². The van der Waals surface area contributed by atoms with Gasteiger partial charge in [-0.05, 0) is 19.8 Å². The standard InChI is InChI=1S/C10H13NO4/c1-10(3-2-4-14-6-10)9-11-5-7(15-9)8(12)13/h5H,2-4,6H2,1H3,(H,12,13). The van der Waals surface area contributed by atoms with Crippen LogP contribution in [0.3, 0.4) is 0 Å². The fraction of sp³-hybridized carbons (Fsp3) is 0.600. The molecule has 1 fully saturated rings. The number of oxazole rings is 1. The third kappa shape index (κ3) is 1.87. The minimum Gasteiger partial charge on any atom is -0.475 e. The molecule has 0 bridgehead atoms. The van der Waals surface area contributed by atoms with Gasteiger partial charge in [0.05, 0.1) is 18.2 Å². The van der Waals surface area contributed by atoms with Gasteiger partial charge < -0.3 is 14.3 Å². The largest absolute Gasteiger partial charge is 0.475 e. The van der Waals surface area contributed by atoms with Gasteiger partial charge in [0.15, 0.2) is 0 Å². The van der Waals surface area contributed by atoms with E-state index in [0.717, 1.165) is 19.4 Å². The molecule has 1 unspecified atom stereocenters. The van der Waals surface area contributed by atoms with E-state index in [4.69, 9.17) is 14.3 Å². The van der Waals surface area contributed by atoms with Gasteiger partial charge in [-0.1, -0.05) is 0 Å². The van der Waals surface area contributed by atoms with Crippen LogP contribution in [0.2, 0.25) is 0 Å². The van der Waals surface area contributed by atoms with Crippen molar-refractivity contribution < 1.29 is 19.1 Å². The molecule has 1 aliphatic rings. The first-order valence-corrected chi connectivity index (χ1v) is 4.89. The van der Waals surface area contributed by atoms with Gasteiger partial charge in [-0.15, -0.1) is 0 Å². The summed E-state index contributed by atoms with van der Waals surface area (Å²) in [6.07, 6.45) is 3.10. The molecule has 1 aromatic heterocycles. The number of carbonyl (C=O) groups is 1. The van der Waals surface area contributed by atoms with Crippen molar-refractivity contribution in [1.82, 2.24) is 4.98 Å². The Bertz CT molecular complexity index is 365. The minimum atomic E-state index is -1.09. The number of nitrogens with zero attached hydrogens (tertiary/aromatic N) is 1. The zero-order chi connectivity index (χ0) is 10.9. The van der Waals surface area contributed by atoms with Crippen molar-refractivity contribution in [2.45, 2.75) is 25.2 Å². The fourth-order valence-corrected chi connectivity index (χ4v) is 1.75. The first kappa shape index (κ1) is 10.2. The molecule has 0 spiro atoms. The van der Waals surface area contributed by atoms with Crippen LogP contribution in [0.15, 0.2) is 10.6 Å². The number of aromatic carboxylic acids is 1. The van der Waals surface area contributed by atoms with Gasteiger partial charge in [-0.25, -0.2) is 9.78 Å². The third-order valence-electron chi connectivity index (χ3n) is 2.67. The molecule has 2 heterocycles. The molecule has 1 atom stereocenters. The summed E-state index contributed by atoms with van der Waals surface area (Å²) < 4.78 is 10.6. The first-order valence-electron chi connectivity index (χ1n) is 4.89. The number of carboxylic acids is 1. The minimum absolute atomic E-state index is 0.114. The van der Waals surface area contributed by atoms with Crippen LogP contribution in [0.25, 0.3) is 0 Å². The molecule has 15 heavy (non-hydrogen) atoms. The molecule has 5 nitrogen and oxygen atoms in total. The fourth-order valence-electron chi connectivity index (χ4n) is 1.75. The number of ether oxygens (including phenoxy) is 1. The summed E-state index contributed by atoms with van der Waals surface area (Å²) >= 11 is 0. The van der Waals surface area contributed by atoms with Crippen molar-refractivity contribution in [3.63, 3.8) is 0 Å². The topological polar surface area (TPSA) is 72.6 Å². The molecule has 0 aliphatic carbocycles. The molecule has 1 saturated heterocycles. The van der Waals surface area contributed by atoms with Crippen LogP contribution in [-0.4, -0.2) is 29.3 Å². The van der Waals surface area contributed by atoms with Crippen molar-refractivity contribution in [3.8, 4) is 0 Å². The normalized spacial score (nSPS) is 26.5. The van der Waals surface area contributed by atoms with Crippen molar-refractivity contribution in [2.24, 2.45) is 0 Å². The zero-order valence-electron chi connectivity index (χ0n) is 8.52. The lowest BCUT2D eigenvalue weighted by molar-refractivity contribution is 0.0294. The predicted octanol–water partition coefficient (Wildman–Crippen LogP) is 1.44. The van der Waals surface area contributed by atoms with Gasteiger partial charge in [0.25, 0.3) is 0 Å². The van der Waals surface area contributed by atoms with Crippen LogP contribution in [0.5, 0.6) is 0 Å². The summed E-state index contributed by atoms with van der Waals surface area (Å²) in [4.78, 5) is 14.6. The average molecular weight is 211 g/mol. The number of hydrogen-bond donors (Lipinski definition) is 1. The van der Waals surface area contributed by atoms with Gasteiger partial charge in [0.1, 0.15) is 0 Å². The molecular weight excluding hydrogens is 198 g/mol. The number of aromatic nitrogens is 1. The van der Waals surface area contributed by atoms with Crippen molar-refractivity contribution in [1.29, 1.82) is 0 Å². The van der Waals surface area contributed by atoms with Crippen LogP contribution < -0.4 is 0 Å². The van der Waals surface area contributed by atoms with Crippen molar-refractivity contribution >= 4 is 5.97 Å². The van der Waals surface area contributed by atoms with E-state index in [0.29, 0.717) is 12.5 Å². The van der Waals surface area contributed by atoms with Gasteiger partial charge in [-0.3, -0.25) is 0 Å². The van der Waals surface area contributed by atoms with E-state index in [2.05, 4.69) is 4.98 Å². The van der Waals surface area contributed by atoms with Crippen LogP contribution in [0, 0.1) is 0 Å². The number of rotatable bonds is 2. The van der Waals surface area contributed by atoms with Crippen LogP contribution in [-0.2, 0) is 10.2 Å². The zero-order valence-corrected chi connectivity index (χ0v) is 8.52. The van der Waals surface area contributed by atoms with Crippen molar-refractivity contribution in [3.05, 3.63) is 17.8 Å². The van der Waals surface area contributed by atoms with Crippen molar-refractivity contribution in [2.75, 3.05) is 13.2 Å². The summed E-state index contributed by atoms with van der Waals surface area (Å²) in [5.74, 6) is -0.745. The smallest absolute Gasteiger partial charge is 0.373 e. The number of carboxylic acid groups (broad SMARTS) is 1. The third-order valence-corrected chi connectivity index (χ3v) is 2.67. The Hall–Kier alpha value is -1.36. The molecular formula is C10H13NO4. The molecule has 2 rings (SSSR count). The average Bonchev–Trinajstić information content (AvgIpc) is 2.68. The Balaban J connectivity index is 2.23. The second kappa shape index (κ2) is 3.66. The molecule has 0 saturated carbocycles. The summed E-state index contributed by atoms with van der Waals surface area (Å²) in [7, 11) is 0. The predicted molar refractivity (Wildman–Crippen MR) is 50.9 cm³/mol. The van der Waals surface area contributed by atoms with E-state index in [1.165, 1.54) is 6.20 Å². The van der Waals surface area contributed by atoms with Crippen LogP contribution >= 0.6 is 0 Å². The maximum atomic E-state index is 10.6. The lowest BCUT2D eigenvalue weighted by Crippen LogP contribution is -2.33. The maximum absolute atomic E-state index is 10.6. The summed E-state index contributed by atoms with van der Waals surface area (Å²) in [5, 5.41) is 8.72. The molecule has 1 aliphatic heterocycles. The first-order chi connectivity index (χ1) is 7.12. The molecule has 5 heteroatoms. The highest BCUT2D eigenvalue weighted by atomic mass is 16.5. The SMILES string of the molecule is CC1(c2ncc(C(=O)O)o2)CCCOC1. The summed E-state index contributed by atoms with van der Waals surface area (Å²) in [6.45, 7) is 3.26. The summed E-state index contributed by atoms with van der Waals surface area (Å²) in [6, 6.07) is 0. The van der Waals surface area contributed by atoms with E-state index < -0.39 is 5.97 Å². The van der Waals surface area contributed by atoms with Crippen LogP contribution in [0.4, 0.5) is 0 Å². The van der Waals surface area contributed by atoms with Gasteiger partial charge in [0.2, 0.25) is 11.7 Å². The van der Waals surface area contributed by atoms with E-state index in [9.17, 15) is 4.79 Å².